The molecule has 0 N–H and O–H groups in total. The minimum absolute atomic E-state index is 0.0416. The van der Waals surface area contributed by atoms with E-state index in [1.54, 1.807) is 18.2 Å². The molecule has 0 aliphatic carbocycles. The van der Waals surface area contributed by atoms with E-state index in [-0.39, 0.29) is 57.5 Å². The number of ether oxygens (including phenoxy) is 9. The van der Waals surface area contributed by atoms with Crippen molar-refractivity contribution in [1.82, 2.24) is 0 Å². The van der Waals surface area contributed by atoms with Gasteiger partial charge in [-0.25, -0.2) is 14.4 Å². The number of rotatable bonds is 48. The van der Waals surface area contributed by atoms with Crippen molar-refractivity contribution < 1.29 is 71.4 Å². The molecule has 3 aromatic rings. The average Bonchev–Trinajstić information content (AvgIpc) is 3.29. The zero-order valence-corrected chi connectivity index (χ0v) is 59.4. The van der Waals surface area contributed by atoms with Gasteiger partial charge in [-0.3, -0.25) is 14.4 Å². The molecule has 15 heteroatoms. The van der Waals surface area contributed by atoms with Gasteiger partial charge in [0, 0.05) is 18.2 Å². The molecule has 0 amide bonds. The molecule has 0 radical (unpaired) electrons. The molecule has 0 atom stereocenters. The van der Waals surface area contributed by atoms with Gasteiger partial charge < -0.3 is 42.6 Å². The summed E-state index contributed by atoms with van der Waals surface area (Å²) in [6, 6.07) is 22.8. The molecule has 0 saturated carbocycles. The molecule has 3 rings (SSSR count). The first-order chi connectivity index (χ1) is 44.7. The minimum Gasteiger partial charge on any atom is -0.494 e. The predicted molar refractivity (Wildman–Crippen MR) is 375 cm³/mol. The van der Waals surface area contributed by atoms with E-state index in [0.717, 1.165) is 73.0 Å². The summed E-state index contributed by atoms with van der Waals surface area (Å²) in [5.74, 6) is 0.259. The highest BCUT2D eigenvalue weighted by atomic mass is 16.6. The van der Waals surface area contributed by atoms with Gasteiger partial charge in [-0.05, 0) is 151 Å². The Morgan fingerprint density at radius 3 is 0.699 bits per heavy atom. The van der Waals surface area contributed by atoms with Crippen LogP contribution in [0, 0.1) is 16.2 Å². The van der Waals surface area contributed by atoms with Crippen LogP contribution in [0.1, 0.15) is 254 Å². The molecule has 0 unspecified atom stereocenters. The molecular weight excluding hydrogens is 1180 g/mol. The summed E-state index contributed by atoms with van der Waals surface area (Å²) in [5, 5.41) is 0. The van der Waals surface area contributed by atoms with Crippen LogP contribution in [0.5, 0.6) is 17.2 Å². The number of hydrogen-bond donors (Lipinski definition) is 0. The van der Waals surface area contributed by atoms with Gasteiger partial charge in [-0.2, -0.15) is 0 Å². The van der Waals surface area contributed by atoms with E-state index < -0.39 is 34.2 Å². The summed E-state index contributed by atoms with van der Waals surface area (Å²) >= 11 is 0. The van der Waals surface area contributed by atoms with Gasteiger partial charge in [-0.15, -0.1) is 0 Å². The maximum atomic E-state index is 11.8. The van der Waals surface area contributed by atoms with Gasteiger partial charge in [0.1, 0.15) is 56.9 Å². The Bertz CT molecular complexity index is 2540. The van der Waals surface area contributed by atoms with E-state index >= 15 is 0 Å². The van der Waals surface area contributed by atoms with E-state index in [9.17, 15) is 28.8 Å². The summed E-state index contributed by atoms with van der Waals surface area (Å²) in [7, 11) is 0. The Balaban J connectivity index is 0.000000698. The Morgan fingerprint density at radius 2 is 0.484 bits per heavy atom. The van der Waals surface area contributed by atoms with Gasteiger partial charge >= 0.3 is 35.8 Å². The quantitative estimate of drug-likeness (QED) is 0.0225. The van der Waals surface area contributed by atoms with Gasteiger partial charge in [-0.1, -0.05) is 194 Å². The number of benzene rings is 3. The first kappa shape index (κ1) is 84.1. The monoisotopic (exact) mass is 1300 g/mol. The van der Waals surface area contributed by atoms with Crippen LogP contribution in [-0.4, -0.2) is 95.3 Å². The van der Waals surface area contributed by atoms with E-state index in [1.165, 1.54) is 134 Å². The predicted octanol–water partition coefficient (Wildman–Crippen LogP) is 19.1. The Morgan fingerprint density at radius 1 is 0.280 bits per heavy atom. The SMILES string of the molecule is CCCCCCCCCCOc1ccc(/C=C/C(=O)OCCOC(=O)C(C)(C)CC)cc1.CCCCCCCCCOc1ccc(/C=C/C(=O)OCCOC(=O)C(C)(C)CC)cc1.CCCCCCCCOc1ccc(/C=C/C(=O)OCCOC(=O)C(C)(C)CC)cc1. The largest absolute Gasteiger partial charge is 0.494 e. The lowest BCUT2D eigenvalue weighted by atomic mass is 9.91. The van der Waals surface area contributed by atoms with Crippen molar-refractivity contribution in [3.63, 3.8) is 0 Å². The summed E-state index contributed by atoms with van der Waals surface area (Å²) in [5.41, 5.74) is 1.10. The minimum atomic E-state index is -0.520. The fourth-order valence-corrected chi connectivity index (χ4v) is 8.26. The molecule has 0 saturated heterocycles. The second-order valence-electron chi connectivity index (χ2n) is 25.2. The van der Waals surface area contributed by atoms with E-state index in [1.807, 2.05) is 135 Å². The van der Waals surface area contributed by atoms with Crippen molar-refractivity contribution in [2.75, 3.05) is 59.5 Å². The van der Waals surface area contributed by atoms with Gasteiger partial charge in [0.15, 0.2) is 0 Å². The number of carbonyl (C=O) groups is 6. The molecule has 93 heavy (non-hydrogen) atoms. The zero-order chi connectivity index (χ0) is 68.9. The maximum absolute atomic E-state index is 11.8. The second-order valence-corrected chi connectivity index (χ2v) is 25.2. The molecule has 15 nitrogen and oxygen atoms in total. The number of esters is 6. The molecule has 0 spiro atoms. The molecule has 522 valence electrons. The van der Waals surface area contributed by atoms with Gasteiger partial charge in [0.05, 0.1) is 36.1 Å². The van der Waals surface area contributed by atoms with Crippen molar-refractivity contribution in [2.24, 2.45) is 16.2 Å². The topological polar surface area (TPSA) is 185 Å². The highest BCUT2D eigenvalue weighted by molar-refractivity contribution is 5.88. The van der Waals surface area contributed by atoms with Crippen LogP contribution >= 0.6 is 0 Å². The van der Waals surface area contributed by atoms with Crippen LogP contribution in [0.2, 0.25) is 0 Å². The van der Waals surface area contributed by atoms with Crippen LogP contribution in [0.4, 0.5) is 0 Å². The highest BCUT2D eigenvalue weighted by Crippen LogP contribution is 2.24. The summed E-state index contributed by atoms with van der Waals surface area (Å²) in [6.45, 7) is 26.0. The zero-order valence-electron chi connectivity index (χ0n) is 59.4. The molecular formula is C78H120O15. The lowest BCUT2D eigenvalue weighted by Gasteiger charge is -2.20. The second kappa shape index (κ2) is 52.5. The number of unbranched alkanes of at least 4 members (excludes halogenated alkanes) is 18. The molecule has 0 fully saturated rings. The summed E-state index contributed by atoms with van der Waals surface area (Å²) in [6.07, 6.45) is 37.8. The van der Waals surface area contributed by atoms with Crippen LogP contribution in [-0.2, 0) is 57.2 Å². The lowest BCUT2D eigenvalue weighted by molar-refractivity contribution is -0.158. The fourth-order valence-electron chi connectivity index (χ4n) is 8.26. The first-order valence-electron chi connectivity index (χ1n) is 34.9. The third-order valence-corrected chi connectivity index (χ3v) is 15.9. The van der Waals surface area contributed by atoms with Crippen molar-refractivity contribution >= 4 is 54.0 Å². The normalized spacial score (nSPS) is 11.5. The highest BCUT2D eigenvalue weighted by Gasteiger charge is 2.28. The van der Waals surface area contributed by atoms with Crippen molar-refractivity contribution in [3.05, 3.63) is 108 Å². The van der Waals surface area contributed by atoms with Crippen molar-refractivity contribution in [2.45, 2.75) is 237 Å². The molecule has 0 bridgehead atoms. The molecule has 3 aromatic carbocycles. The standard InChI is InChI=1S/C27H42O5.C26H40O5.C25H38O5/c1-5-7-8-9-10-11-12-13-20-30-24-17-14-23(15-18-24)16-19-25(28)31-21-22-32-26(29)27(3,4)6-2;1-5-7-8-9-10-11-12-19-29-23-16-13-22(14-17-23)15-18-24(27)30-20-21-31-25(28)26(3,4)6-2;1-5-7-8-9-10-11-18-28-22-15-12-21(13-16-22)14-17-23(26)29-19-20-30-24(27)25(3,4)6-2/h14-19H,5-13,20-22H2,1-4H3;13-18H,5-12,19-21H2,1-4H3;12-17H,5-11,18-20H2,1-4H3/b19-16+;18-15+;17-14+. The van der Waals surface area contributed by atoms with Crippen LogP contribution in [0.25, 0.3) is 18.2 Å². The van der Waals surface area contributed by atoms with E-state index in [2.05, 4.69) is 20.8 Å². The summed E-state index contributed by atoms with van der Waals surface area (Å²) in [4.78, 5) is 70.9. The molecule has 0 aliphatic rings. The van der Waals surface area contributed by atoms with Crippen molar-refractivity contribution in [1.29, 1.82) is 0 Å². The number of carbonyl (C=O) groups excluding carboxylic acids is 6. The van der Waals surface area contributed by atoms with Gasteiger partial charge in [0.2, 0.25) is 0 Å². The Kier molecular flexibility index (Phi) is 47.5. The third-order valence-electron chi connectivity index (χ3n) is 15.9. The van der Waals surface area contributed by atoms with Crippen molar-refractivity contribution in [3.8, 4) is 17.2 Å². The van der Waals surface area contributed by atoms with Crippen LogP contribution in [0.3, 0.4) is 0 Å². The third kappa shape index (κ3) is 43.6. The summed E-state index contributed by atoms with van der Waals surface area (Å²) < 4.78 is 47.9. The van der Waals surface area contributed by atoms with E-state index in [4.69, 9.17) is 42.6 Å². The molecule has 0 aliphatic heterocycles. The molecule has 0 aromatic heterocycles. The first-order valence-corrected chi connectivity index (χ1v) is 34.9. The maximum Gasteiger partial charge on any atom is 0.330 e. The van der Waals surface area contributed by atoms with Gasteiger partial charge in [0.25, 0.3) is 0 Å². The average molecular weight is 1300 g/mol. The lowest BCUT2D eigenvalue weighted by Crippen LogP contribution is -2.27. The number of hydrogen-bond acceptors (Lipinski definition) is 15. The fraction of sp³-hybridized carbons (Fsp3) is 0.615. The van der Waals surface area contributed by atoms with E-state index in [0.29, 0.717) is 19.3 Å². The molecule has 0 heterocycles. The smallest absolute Gasteiger partial charge is 0.330 e. The van der Waals surface area contributed by atoms with Crippen LogP contribution < -0.4 is 14.2 Å². The van der Waals surface area contributed by atoms with Crippen LogP contribution in [0.15, 0.2) is 91.0 Å². The Labute approximate surface area is 560 Å². The Hall–Kier alpha value is -6.90.